The van der Waals surface area contributed by atoms with E-state index in [1.807, 2.05) is 12.1 Å². The first-order valence-corrected chi connectivity index (χ1v) is 6.86. The van der Waals surface area contributed by atoms with Crippen LogP contribution in [0.3, 0.4) is 0 Å². The van der Waals surface area contributed by atoms with E-state index in [2.05, 4.69) is 29.6 Å². The second-order valence-corrected chi connectivity index (χ2v) is 4.70. The lowest BCUT2D eigenvalue weighted by Crippen LogP contribution is -2.20. The molecule has 3 heteroatoms. The molecule has 0 spiro atoms. The maximum absolute atomic E-state index is 13.5. The zero-order chi connectivity index (χ0) is 14.2. The van der Waals surface area contributed by atoms with Gasteiger partial charge < -0.3 is 10.1 Å². The number of ether oxygens (including phenoxy) is 1. The molecule has 20 heavy (non-hydrogen) atoms. The summed E-state index contributed by atoms with van der Waals surface area (Å²) in [4.78, 5) is 0. The van der Waals surface area contributed by atoms with E-state index in [0.717, 1.165) is 31.5 Å². The maximum Gasteiger partial charge on any atom is 0.165 e. The molecule has 0 saturated heterocycles. The van der Waals surface area contributed by atoms with Gasteiger partial charge in [-0.3, -0.25) is 0 Å². The predicted octanol–water partition coefficient (Wildman–Crippen LogP) is 3.21. The average Bonchev–Trinajstić information content (AvgIpc) is 2.48. The minimum Gasteiger partial charge on any atom is -0.494 e. The largest absolute Gasteiger partial charge is 0.494 e. The van der Waals surface area contributed by atoms with E-state index < -0.39 is 0 Å². The summed E-state index contributed by atoms with van der Waals surface area (Å²) >= 11 is 0. The quantitative estimate of drug-likeness (QED) is 0.782. The molecule has 0 aliphatic rings. The summed E-state index contributed by atoms with van der Waals surface area (Å²) in [6.45, 7) is 1.78. The third kappa shape index (κ3) is 4.35. The minimum atomic E-state index is -0.297. The second-order valence-electron chi connectivity index (χ2n) is 4.70. The second kappa shape index (κ2) is 7.65. The van der Waals surface area contributed by atoms with Crippen LogP contribution in [0, 0.1) is 5.82 Å². The zero-order valence-corrected chi connectivity index (χ0v) is 11.7. The van der Waals surface area contributed by atoms with Gasteiger partial charge in [-0.1, -0.05) is 36.4 Å². The molecule has 0 amide bonds. The summed E-state index contributed by atoms with van der Waals surface area (Å²) in [5.74, 6) is 0.0000670. The number of benzene rings is 2. The molecule has 2 rings (SSSR count). The fourth-order valence-corrected chi connectivity index (χ4v) is 2.10. The summed E-state index contributed by atoms with van der Waals surface area (Å²) < 4.78 is 18.4. The monoisotopic (exact) mass is 273 g/mol. The maximum atomic E-state index is 13.5. The van der Waals surface area contributed by atoms with Crippen LogP contribution >= 0.6 is 0 Å². The zero-order valence-electron chi connectivity index (χ0n) is 11.7. The van der Waals surface area contributed by atoms with E-state index in [-0.39, 0.29) is 5.82 Å². The SMILES string of the molecule is COc1ccc(CCNCCc2ccccc2)cc1F. The molecular weight excluding hydrogens is 253 g/mol. The first-order chi connectivity index (χ1) is 9.79. The lowest BCUT2D eigenvalue weighted by Gasteiger charge is -2.07. The van der Waals surface area contributed by atoms with Gasteiger partial charge in [0.05, 0.1) is 7.11 Å². The van der Waals surface area contributed by atoms with Crippen LogP contribution in [0.25, 0.3) is 0 Å². The van der Waals surface area contributed by atoms with Gasteiger partial charge in [0.15, 0.2) is 11.6 Å². The highest BCUT2D eigenvalue weighted by atomic mass is 19.1. The Balaban J connectivity index is 1.69. The average molecular weight is 273 g/mol. The van der Waals surface area contributed by atoms with Gasteiger partial charge in [0.25, 0.3) is 0 Å². The number of nitrogens with one attached hydrogen (secondary N) is 1. The van der Waals surface area contributed by atoms with E-state index in [0.29, 0.717) is 5.75 Å². The Bertz CT molecular complexity index is 528. The first kappa shape index (κ1) is 14.5. The molecule has 0 aliphatic heterocycles. The number of hydrogen-bond acceptors (Lipinski definition) is 2. The van der Waals surface area contributed by atoms with Gasteiger partial charge in [0, 0.05) is 0 Å². The van der Waals surface area contributed by atoms with Crippen LogP contribution in [-0.2, 0) is 12.8 Å². The smallest absolute Gasteiger partial charge is 0.165 e. The van der Waals surface area contributed by atoms with Crippen molar-refractivity contribution >= 4 is 0 Å². The summed E-state index contributed by atoms with van der Waals surface area (Å²) in [6, 6.07) is 15.5. The summed E-state index contributed by atoms with van der Waals surface area (Å²) in [6.07, 6.45) is 1.83. The standard InChI is InChI=1S/C17H20FNO/c1-20-17-8-7-15(13-16(17)18)10-12-19-11-9-14-5-3-2-4-6-14/h2-8,13,19H,9-12H2,1H3. The molecule has 0 bridgehead atoms. The molecule has 0 fully saturated rings. The molecule has 2 aromatic rings. The molecular formula is C17H20FNO. The number of rotatable bonds is 7. The topological polar surface area (TPSA) is 21.3 Å². The molecule has 0 radical (unpaired) electrons. The highest BCUT2D eigenvalue weighted by molar-refractivity contribution is 5.29. The molecule has 2 aromatic carbocycles. The molecule has 0 aromatic heterocycles. The van der Waals surface area contributed by atoms with E-state index in [4.69, 9.17) is 4.74 Å². The Labute approximate surface area is 119 Å². The lowest BCUT2D eigenvalue weighted by molar-refractivity contribution is 0.386. The molecule has 0 saturated carbocycles. The highest BCUT2D eigenvalue weighted by Gasteiger charge is 2.03. The minimum absolute atomic E-state index is 0.297. The van der Waals surface area contributed by atoms with E-state index in [1.165, 1.54) is 18.7 Å². The van der Waals surface area contributed by atoms with Gasteiger partial charge in [-0.25, -0.2) is 4.39 Å². The number of hydrogen-bond donors (Lipinski definition) is 1. The van der Waals surface area contributed by atoms with Crippen molar-refractivity contribution in [2.75, 3.05) is 20.2 Å². The Kier molecular flexibility index (Phi) is 5.56. The predicted molar refractivity (Wildman–Crippen MR) is 79.7 cm³/mol. The molecule has 0 aliphatic carbocycles. The van der Waals surface area contributed by atoms with Crippen molar-refractivity contribution < 1.29 is 9.13 Å². The number of methoxy groups -OCH3 is 1. The van der Waals surface area contributed by atoms with Gasteiger partial charge >= 0.3 is 0 Å². The van der Waals surface area contributed by atoms with Crippen LogP contribution in [0.5, 0.6) is 5.75 Å². The molecule has 1 N–H and O–H groups in total. The highest BCUT2D eigenvalue weighted by Crippen LogP contribution is 2.17. The van der Waals surface area contributed by atoms with Gasteiger partial charge in [0.1, 0.15) is 0 Å². The van der Waals surface area contributed by atoms with Crippen LogP contribution in [0.2, 0.25) is 0 Å². The normalized spacial score (nSPS) is 10.5. The Morgan fingerprint density at radius 1 is 0.950 bits per heavy atom. The van der Waals surface area contributed by atoms with Crippen molar-refractivity contribution in [2.45, 2.75) is 12.8 Å². The van der Waals surface area contributed by atoms with Gasteiger partial charge in [0.2, 0.25) is 0 Å². The van der Waals surface area contributed by atoms with Crippen molar-refractivity contribution in [2.24, 2.45) is 0 Å². The van der Waals surface area contributed by atoms with Crippen molar-refractivity contribution in [3.05, 3.63) is 65.5 Å². The molecule has 0 unspecified atom stereocenters. The lowest BCUT2D eigenvalue weighted by atomic mass is 10.1. The van der Waals surface area contributed by atoms with Crippen LogP contribution in [-0.4, -0.2) is 20.2 Å². The summed E-state index contributed by atoms with van der Waals surface area (Å²) in [5.41, 5.74) is 2.31. The van der Waals surface area contributed by atoms with Crippen LogP contribution in [0.15, 0.2) is 48.5 Å². The van der Waals surface area contributed by atoms with Crippen molar-refractivity contribution in [1.29, 1.82) is 0 Å². The Morgan fingerprint density at radius 3 is 2.30 bits per heavy atom. The molecule has 106 valence electrons. The van der Waals surface area contributed by atoms with E-state index in [9.17, 15) is 4.39 Å². The van der Waals surface area contributed by atoms with Crippen LogP contribution in [0.4, 0.5) is 4.39 Å². The van der Waals surface area contributed by atoms with Crippen molar-refractivity contribution in [3.63, 3.8) is 0 Å². The van der Waals surface area contributed by atoms with Gasteiger partial charge in [-0.05, 0) is 49.2 Å². The van der Waals surface area contributed by atoms with Crippen LogP contribution < -0.4 is 10.1 Å². The van der Waals surface area contributed by atoms with Gasteiger partial charge in [-0.15, -0.1) is 0 Å². The van der Waals surface area contributed by atoms with Crippen LogP contribution in [0.1, 0.15) is 11.1 Å². The molecule has 0 atom stereocenters. The van der Waals surface area contributed by atoms with Crippen molar-refractivity contribution in [3.8, 4) is 5.75 Å². The van der Waals surface area contributed by atoms with E-state index in [1.54, 1.807) is 6.07 Å². The third-order valence-electron chi connectivity index (χ3n) is 3.24. The fraction of sp³-hybridized carbons (Fsp3) is 0.294. The molecule has 2 nitrogen and oxygen atoms in total. The summed E-state index contributed by atoms with van der Waals surface area (Å²) in [7, 11) is 1.48. The molecule has 0 heterocycles. The first-order valence-electron chi connectivity index (χ1n) is 6.86. The van der Waals surface area contributed by atoms with Crippen molar-refractivity contribution in [1.82, 2.24) is 5.32 Å². The summed E-state index contributed by atoms with van der Waals surface area (Å²) in [5, 5.41) is 3.38. The number of halogens is 1. The Morgan fingerprint density at radius 2 is 1.65 bits per heavy atom. The Hall–Kier alpha value is -1.87. The van der Waals surface area contributed by atoms with Gasteiger partial charge in [-0.2, -0.15) is 0 Å². The third-order valence-corrected chi connectivity index (χ3v) is 3.24. The van der Waals surface area contributed by atoms with E-state index >= 15 is 0 Å². The fourth-order valence-electron chi connectivity index (χ4n) is 2.10.